The summed E-state index contributed by atoms with van der Waals surface area (Å²) in [6.07, 6.45) is 9.29. The summed E-state index contributed by atoms with van der Waals surface area (Å²) in [6.45, 7) is 9.93. The van der Waals surface area contributed by atoms with Gasteiger partial charge in [0, 0.05) is 23.0 Å². The minimum atomic E-state index is -0.432. The molecular formula is C25H48O5S2. The molecule has 0 aliphatic heterocycles. The lowest BCUT2D eigenvalue weighted by Crippen LogP contribution is -2.15. The van der Waals surface area contributed by atoms with Crippen LogP contribution in [0.25, 0.3) is 0 Å². The van der Waals surface area contributed by atoms with Gasteiger partial charge in [0.2, 0.25) is 0 Å². The van der Waals surface area contributed by atoms with Crippen LogP contribution >= 0.6 is 23.5 Å². The highest BCUT2D eigenvalue weighted by Gasteiger charge is 2.09. The fourth-order valence-electron chi connectivity index (χ4n) is 2.98. The molecule has 0 rings (SSSR count). The van der Waals surface area contributed by atoms with Crippen molar-refractivity contribution in [1.82, 2.24) is 0 Å². The Hall–Kier alpha value is -0.400. The molecule has 0 fully saturated rings. The molecule has 0 amide bonds. The van der Waals surface area contributed by atoms with Crippen LogP contribution in [-0.2, 0) is 19.1 Å². The van der Waals surface area contributed by atoms with E-state index in [1.807, 2.05) is 0 Å². The number of ether oxygens (including phenoxy) is 2. The standard InChI is InChI=1S/C25H48O5S2/c1-21(2)11-7-5-9-15-29-24(27)13-17-31-19-23(26)20-32-18-14-25(28)30-16-10-6-8-12-22(3)4/h21-23,26H,5-20H2,1-4H3. The molecular weight excluding hydrogens is 444 g/mol. The first-order valence-corrected chi connectivity index (χ1v) is 14.8. The van der Waals surface area contributed by atoms with Crippen molar-refractivity contribution >= 4 is 35.5 Å². The Labute approximate surface area is 205 Å². The van der Waals surface area contributed by atoms with E-state index in [9.17, 15) is 14.7 Å². The van der Waals surface area contributed by atoms with Gasteiger partial charge in [0.15, 0.2) is 0 Å². The van der Waals surface area contributed by atoms with Gasteiger partial charge >= 0.3 is 11.9 Å². The third kappa shape index (κ3) is 24.2. The number of carbonyl (C=O) groups excluding carboxylic acids is 2. The first-order valence-electron chi connectivity index (χ1n) is 12.5. The van der Waals surface area contributed by atoms with Crippen LogP contribution < -0.4 is 0 Å². The third-order valence-electron chi connectivity index (χ3n) is 4.90. The topological polar surface area (TPSA) is 72.8 Å². The van der Waals surface area contributed by atoms with Gasteiger partial charge in [-0.2, -0.15) is 23.5 Å². The van der Waals surface area contributed by atoms with Crippen LogP contribution in [0.2, 0.25) is 0 Å². The van der Waals surface area contributed by atoms with E-state index in [0.717, 1.165) is 37.5 Å². The second kappa shape index (κ2) is 22.4. The number of aliphatic hydroxyl groups excluding tert-OH is 1. The van der Waals surface area contributed by atoms with Gasteiger partial charge in [0.25, 0.3) is 0 Å². The molecule has 32 heavy (non-hydrogen) atoms. The molecule has 0 atom stereocenters. The van der Waals surface area contributed by atoms with E-state index in [0.29, 0.717) is 49.1 Å². The van der Waals surface area contributed by atoms with E-state index in [1.165, 1.54) is 25.7 Å². The van der Waals surface area contributed by atoms with Gasteiger partial charge in [-0.1, -0.05) is 66.2 Å². The van der Waals surface area contributed by atoms with E-state index < -0.39 is 6.10 Å². The summed E-state index contributed by atoms with van der Waals surface area (Å²) in [5.74, 6) is 3.69. The largest absolute Gasteiger partial charge is 0.466 e. The van der Waals surface area contributed by atoms with Crippen molar-refractivity contribution in [3.8, 4) is 0 Å². The number of thioether (sulfide) groups is 2. The molecule has 0 aromatic heterocycles. The van der Waals surface area contributed by atoms with Gasteiger partial charge in [-0.05, 0) is 24.7 Å². The maximum atomic E-state index is 11.7. The van der Waals surface area contributed by atoms with E-state index in [2.05, 4.69) is 27.7 Å². The predicted molar refractivity (Wildman–Crippen MR) is 138 cm³/mol. The Morgan fingerprint density at radius 2 is 1.09 bits per heavy atom. The summed E-state index contributed by atoms with van der Waals surface area (Å²) in [6, 6.07) is 0. The number of hydrogen-bond acceptors (Lipinski definition) is 7. The van der Waals surface area contributed by atoms with Gasteiger partial charge in [0.05, 0.1) is 32.2 Å². The minimum Gasteiger partial charge on any atom is -0.466 e. The van der Waals surface area contributed by atoms with Crippen LogP contribution in [-0.4, -0.2) is 59.4 Å². The number of aliphatic hydroxyl groups is 1. The lowest BCUT2D eigenvalue weighted by molar-refractivity contribution is -0.144. The van der Waals surface area contributed by atoms with E-state index in [1.54, 1.807) is 23.5 Å². The van der Waals surface area contributed by atoms with Gasteiger partial charge in [-0.3, -0.25) is 9.59 Å². The number of unbranched alkanes of at least 4 members (excludes halogenated alkanes) is 4. The van der Waals surface area contributed by atoms with Gasteiger partial charge in [0.1, 0.15) is 0 Å². The SMILES string of the molecule is CC(C)CCCCCOC(=O)CCSCC(O)CSCCC(=O)OCCCCCC(C)C. The Balaban J connectivity index is 3.44. The van der Waals surface area contributed by atoms with Crippen LogP contribution in [0, 0.1) is 11.8 Å². The van der Waals surface area contributed by atoms with Crippen molar-refractivity contribution in [2.24, 2.45) is 11.8 Å². The normalized spacial score (nSPS) is 11.5. The minimum absolute atomic E-state index is 0.149. The van der Waals surface area contributed by atoms with Crippen LogP contribution in [0.1, 0.15) is 91.9 Å². The van der Waals surface area contributed by atoms with Crippen molar-refractivity contribution < 1.29 is 24.2 Å². The molecule has 0 aliphatic carbocycles. The maximum absolute atomic E-state index is 11.7. The highest BCUT2D eigenvalue weighted by Crippen LogP contribution is 2.13. The lowest BCUT2D eigenvalue weighted by atomic mass is 10.1. The summed E-state index contributed by atoms with van der Waals surface area (Å²) >= 11 is 3.14. The van der Waals surface area contributed by atoms with Crippen LogP contribution in [0.15, 0.2) is 0 Å². The summed E-state index contributed by atoms with van der Waals surface area (Å²) in [5.41, 5.74) is 0. The number of esters is 2. The Morgan fingerprint density at radius 3 is 1.47 bits per heavy atom. The molecule has 7 heteroatoms. The zero-order valence-corrected chi connectivity index (χ0v) is 22.6. The molecule has 0 aromatic carbocycles. The van der Waals surface area contributed by atoms with Crippen molar-refractivity contribution in [2.45, 2.75) is 98.0 Å². The molecule has 0 saturated heterocycles. The molecule has 190 valence electrons. The first kappa shape index (κ1) is 31.6. The Morgan fingerprint density at radius 1 is 0.688 bits per heavy atom. The zero-order chi connectivity index (χ0) is 24.0. The van der Waals surface area contributed by atoms with Crippen molar-refractivity contribution in [3.05, 3.63) is 0 Å². The molecule has 0 spiro atoms. The van der Waals surface area contributed by atoms with E-state index >= 15 is 0 Å². The van der Waals surface area contributed by atoms with Crippen LogP contribution in [0.4, 0.5) is 0 Å². The molecule has 0 unspecified atom stereocenters. The summed E-state index contributed by atoms with van der Waals surface area (Å²) in [7, 11) is 0. The quantitative estimate of drug-likeness (QED) is 0.144. The number of rotatable bonds is 22. The fourth-order valence-corrected chi connectivity index (χ4v) is 4.86. The van der Waals surface area contributed by atoms with Gasteiger partial charge in [-0.25, -0.2) is 0 Å². The number of carbonyl (C=O) groups is 2. The summed E-state index contributed by atoms with van der Waals surface area (Å²) in [4.78, 5) is 23.4. The Kier molecular flexibility index (Phi) is 22.1. The zero-order valence-electron chi connectivity index (χ0n) is 20.9. The first-order chi connectivity index (χ1) is 15.3. The molecule has 0 saturated carbocycles. The molecule has 0 aliphatic rings. The molecule has 1 N–H and O–H groups in total. The monoisotopic (exact) mass is 492 g/mol. The predicted octanol–water partition coefficient (Wildman–Crippen LogP) is 6.11. The highest BCUT2D eigenvalue weighted by molar-refractivity contribution is 8.00. The summed E-state index contributed by atoms with van der Waals surface area (Å²) in [5, 5.41) is 10.0. The second-order valence-corrected chi connectivity index (χ2v) is 11.5. The lowest BCUT2D eigenvalue weighted by Gasteiger charge is -2.10. The summed E-state index contributed by atoms with van der Waals surface area (Å²) < 4.78 is 10.5. The van der Waals surface area contributed by atoms with E-state index in [4.69, 9.17) is 9.47 Å². The number of hydrogen-bond donors (Lipinski definition) is 1. The molecule has 0 bridgehead atoms. The molecule has 5 nitrogen and oxygen atoms in total. The second-order valence-electron chi connectivity index (χ2n) is 9.23. The maximum Gasteiger partial charge on any atom is 0.306 e. The van der Waals surface area contributed by atoms with Crippen molar-refractivity contribution in [1.29, 1.82) is 0 Å². The smallest absolute Gasteiger partial charge is 0.306 e. The van der Waals surface area contributed by atoms with Crippen LogP contribution in [0.5, 0.6) is 0 Å². The van der Waals surface area contributed by atoms with Crippen molar-refractivity contribution in [3.63, 3.8) is 0 Å². The highest BCUT2D eigenvalue weighted by atomic mass is 32.2. The van der Waals surface area contributed by atoms with Crippen LogP contribution in [0.3, 0.4) is 0 Å². The Bertz CT molecular complexity index is 418. The van der Waals surface area contributed by atoms with E-state index in [-0.39, 0.29) is 11.9 Å². The average molecular weight is 493 g/mol. The molecule has 0 heterocycles. The molecule has 0 radical (unpaired) electrons. The average Bonchev–Trinajstić information content (AvgIpc) is 2.73. The third-order valence-corrected chi connectivity index (χ3v) is 7.13. The van der Waals surface area contributed by atoms with Gasteiger partial charge < -0.3 is 14.6 Å². The molecule has 0 aromatic rings. The fraction of sp³-hybridized carbons (Fsp3) is 0.920. The van der Waals surface area contributed by atoms with Crippen molar-refractivity contribution in [2.75, 3.05) is 36.2 Å². The van der Waals surface area contributed by atoms with Gasteiger partial charge in [-0.15, -0.1) is 0 Å².